The smallest absolute Gasteiger partial charge is 0.278 e. The number of hydrogen-bond donors (Lipinski definition) is 1. The molecule has 0 atom stereocenters. The van der Waals surface area contributed by atoms with Crippen molar-refractivity contribution in [3.8, 4) is 28.2 Å². The fourth-order valence-corrected chi connectivity index (χ4v) is 3.17. The van der Waals surface area contributed by atoms with Crippen LogP contribution in [0.15, 0.2) is 71.7 Å². The van der Waals surface area contributed by atoms with E-state index in [-0.39, 0.29) is 5.69 Å². The molecule has 0 radical (unpaired) electrons. The number of halogens is 1. The molecule has 0 saturated carbocycles. The lowest BCUT2D eigenvalue weighted by molar-refractivity contribution is 0.102. The first-order chi connectivity index (χ1) is 15.5. The van der Waals surface area contributed by atoms with Crippen LogP contribution in [0.3, 0.4) is 0 Å². The van der Waals surface area contributed by atoms with Gasteiger partial charge in [0.2, 0.25) is 0 Å². The van der Waals surface area contributed by atoms with E-state index < -0.39 is 11.7 Å². The number of aryl methyl sites for hydroxylation is 1. The Balaban J connectivity index is 0.00000141. The van der Waals surface area contributed by atoms with Crippen LogP contribution in [0.1, 0.15) is 29.9 Å². The van der Waals surface area contributed by atoms with Gasteiger partial charge < -0.3 is 14.5 Å². The molecule has 0 spiro atoms. The maximum Gasteiger partial charge on any atom is 0.278 e. The summed E-state index contributed by atoms with van der Waals surface area (Å²) < 4.78 is 24.2. The number of carbonyl (C=O) groups excluding carboxylic acids is 1. The molecular weight excluding hydrogens is 409 g/mol. The lowest BCUT2D eigenvalue weighted by atomic mass is 10.1. The molecule has 32 heavy (non-hydrogen) atoms. The number of anilines is 1. The SMILES string of the molecule is CC.COc1ccc(-c2ocnc2C(=O)Nc2cccc(-c3cncc(F)c3)c2)cc1C. The predicted octanol–water partition coefficient (Wildman–Crippen LogP) is 6.14. The summed E-state index contributed by atoms with van der Waals surface area (Å²) in [6.07, 6.45) is 3.94. The Hall–Kier alpha value is -4.00. The Morgan fingerprint density at radius 1 is 1.03 bits per heavy atom. The van der Waals surface area contributed by atoms with Crippen LogP contribution in [0.2, 0.25) is 0 Å². The maximum absolute atomic E-state index is 13.5. The van der Waals surface area contributed by atoms with E-state index in [0.29, 0.717) is 17.0 Å². The molecule has 2 aromatic carbocycles. The molecule has 4 rings (SSSR count). The molecule has 2 heterocycles. The van der Waals surface area contributed by atoms with Gasteiger partial charge in [0.05, 0.1) is 13.3 Å². The minimum atomic E-state index is -0.427. The Morgan fingerprint density at radius 3 is 2.56 bits per heavy atom. The average molecular weight is 433 g/mol. The normalized spacial score (nSPS) is 10.2. The molecule has 7 heteroatoms. The van der Waals surface area contributed by atoms with Crippen molar-refractivity contribution in [3.05, 3.63) is 84.4 Å². The number of nitrogens with one attached hydrogen (secondary N) is 1. The van der Waals surface area contributed by atoms with E-state index >= 15 is 0 Å². The highest BCUT2D eigenvalue weighted by atomic mass is 19.1. The van der Waals surface area contributed by atoms with E-state index in [1.807, 2.05) is 39.0 Å². The van der Waals surface area contributed by atoms with Gasteiger partial charge in [-0.25, -0.2) is 9.37 Å². The van der Waals surface area contributed by atoms with Crippen molar-refractivity contribution in [1.29, 1.82) is 0 Å². The first-order valence-corrected chi connectivity index (χ1v) is 10.2. The predicted molar refractivity (Wildman–Crippen MR) is 122 cm³/mol. The number of carbonyl (C=O) groups is 1. The average Bonchev–Trinajstić information content (AvgIpc) is 3.31. The van der Waals surface area contributed by atoms with Crippen LogP contribution in [-0.2, 0) is 0 Å². The maximum atomic E-state index is 13.5. The molecule has 0 aliphatic rings. The molecule has 2 aromatic heterocycles. The number of benzene rings is 2. The zero-order valence-corrected chi connectivity index (χ0v) is 18.3. The third kappa shape index (κ3) is 5.00. The van der Waals surface area contributed by atoms with E-state index in [1.165, 1.54) is 12.5 Å². The Kier molecular flexibility index (Phi) is 7.33. The number of nitrogens with zero attached hydrogens (tertiary/aromatic N) is 2. The molecule has 0 aliphatic carbocycles. The molecule has 0 bridgehead atoms. The minimum Gasteiger partial charge on any atom is -0.496 e. The van der Waals surface area contributed by atoms with E-state index in [1.54, 1.807) is 37.6 Å². The van der Waals surface area contributed by atoms with E-state index in [2.05, 4.69) is 15.3 Å². The molecule has 0 saturated heterocycles. The number of oxazole rings is 1. The monoisotopic (exact) mass is 433 g/mol. The van der Waals surface area contributed by atoms with Crippen LogP contribution in [0, 0.1) is 12.7 Å². The van der Waals surface area contributed by atoms with Crippen LogP contribution in [0.25, 0.3) is 22.5 Å². The van der Waals surface area contributed by atoms with Crippen molar-refractivity contribution in [2.75, 3.05) is 12.4 Å². The van der Waals surface area contributed by atoms with Gasteiger partial charge in [0.15, 0.2) is 17.8 Å². The largest absolute Gasteiger partial charge is 0.496 e. The third-order valence-corrected chi connectivity index (χ3v) is 4.60. The van der Waals surface area contributed by atoms with E-state index in [0.717, 1.165) is 28.6 Å². The Bertz CT molecular complexity index is 1220. The number of amides is 1. The van der Waals surface area contributed by atoms with Crippen LogP contribution in [0.5, 0.6) is 5.75 Å². The van der Waals surface area contributed by atoms with Gasteiger partial charge >= 0.3 is 0 Å². The molecule has 0 fully saturated rings. The molecule has 1 N–H and O–H groups in total. The van der Waals surface area contributed by atoms with Crippen molar-refractivity contribution in [3.63, 3.8) is 0 Å². The second-order valence-electron chi connectivity index (χ2n) is 6.64. The summed E-state index contributed by atoms with van der Waals surface area (Å²) in [6.45, 7) is 5.91. The number of hydrogen-bond acceptors (Lipinski definition) is 5. The minimum absolute atomic E-state index is 0.164. The topological polar surface area (TPSA) is 77.2 Å². The highest BCUT2D eigenvalue weighted by molar-refractivity contribution is 6.06. The lowest BCUT2D eigenvalue weighted by Crippen LogP contribution is -2.13. The highest BCUT2D eigenvalue weighted by Crippen LogP contribution is 2.29. The highest BCUT2D eigenvalue weighted by Gasteiger charge is 2.19. The summed E-state index contributed by atoms with van der Waals surface area (Å²) in [5, 5.41) is 2.82. The van der Waals surface area contributed by atoms with Crippen LogP contribution >= 0.6 is 0 Å². The second-order valence-corrected chi connectivity index (χ2v) is 6.64. The number of methoxy groups -OCH3 is 1. The van der Waals surface area contributed by atoms with Gasteiger partial charge in [0.25, 0.3) is 5.91 Å². The van der Waals surface area contributed by atoms with Crippen molar-refractivity contribution in [1.82, 2.24) is 9.97 Å². The second kappa shape index (κ2) is 10.3. The standard InChI is InChI=1S/C23H18FN3O3.C2H6/c1-14-8-16(6-7-20(14)29-2)22-21(26-13-30-22)23(28)27-19-5-3-4-15(10-19)17-9-18(24)12-25-11-17;1-2/h3-13H,1-2H3,(H,27,28);1-2H3. The van der Waals surface area contributed by atoms with Crippen molar-refractivity contribution >= 4 is 11.6 Å². The van der Waals surface area contributed by atoms with Gasteiger partial charge in [-0.1, -0.05) is 26.0 Å². The number of rotatable bonds is 5. The van der Waals surface area contributed by atoms with Gasteiger partial charge in [-0.3, -0.25) is 9.78 Å². The van der Waals surface area contributed by atoms with Crippen molar-refractivity contribution < 1.29 is 18.3 Å². The van der Waals surface area contributed by atoms with Gasteiger partial charge in [-0.15, -0.1) is 0 Å². The summed E-state index contributed by atoms with van der Waals surface area (Å²) in [4.78, 5) is 20.8. The summed E-state index contributed by atoms with van der Waals surface area (Å²) in [7, 11) is 1.60. The third-order valence-electron chi connectivity index (χ3n) is 4.60. The molecular formula is C25H24FN3O3. The Morgan fingerprint density at radius 2 is 1.84 bits per heavy atom. The van der Waals surface area contributed by atoms with Crippen LogP contribution in [-0.4, -0.2) is 23.0 Å². The Labute approximate surface area is 186 Å². The summed E-state index contributed by atoms with van der Waals surface area (Å²) >= 11 is 0. The number of aromatic nitrogens is 2. The van der Waals surface area contributed by atoms with Gasteiger partial charge in [0.1, 0.15) is 11.6 Å². The van der Waals surface area contributed by atoms with Crippen molar-refractivity contribution in [2.24, 2.45) is 0 Å². The van der Waals surface area contributed by atoms with Crippen molar-refractivity contribution in [2.45, 2.75) is 20.8 Å². The van der Waals surface area contributed by atoms with Gasteiger partial charge in [0, 0.05) is 23.0 Å². The van der Waals surface area contributed by atoms with Gasteiger partial charge in [-0.05, 0) is 54.4 Å². The quantitative estimate of drug-likeness (QED) is 0.409. The number of pyridine rings is 1. The zero-order chi connectivity index (χ0) is 23.1. The summed E-state index contributed by atoms with van der Waals surface area (Å²) in [5.41, 5.74) is 3.68. The summed E-state index contributed by atoms with van der Waals surface area (Å²) in [6, 6.07) is 13.9. The van der Waals surface area contributed by atoms with E-state index in [9.17, 15) is 9.18 Å². The first-order valence-electron chi connectivity index (χ1n) is 10.2. The fraction of sp³-hybridized carbons (Fsp3) is 0.160. The zero-order valence-electron chi connectivity index (χ0n) is 18.3. The molecule has 4 aromatic rings. The first kappa shape index (κ1) is 22.7. The molecule has 1 amide bonds. The lowest BCUT2D eigenvalue weighted by Gasteiger charge is -2.09. The summed E-state index contributed by atoms with van der Waals surface area (Å²) in [5.74, 6) is 0.266. The fourth-order valence-electron chi connectivity index (χ4n) is 3.17. The molecule has 6 nitrogen and oxygen atoms in total. The van der Waals surface area contributed by atoms with Gasteiger partial charge in [-0.2, -0.15) is 0 Å². The van der Waals surface area contributed by atoms with Crippen LogP contribution in [0.4, 0.5) is 10.1 Å². The number of ether oxygens (including phenoxy) is 1. The van der Waals surface area contributed by atoms with Crippen LogP contribution < -0.4 is 10.1 Å². The molecule has 0 unspecified atom stereocenters. The molecule has 0 aliphatic heterocycles. The molecule has 164 valence electrons. The van der Waals surface area contributed by atoms with E-state index in [4.69, 9.17) is 9.15 Å².